The predicted octanol–water partition coefficient (Wildman–Crippen LogP) is 0.319. The summed E-state index contributed by atoms with van der Waals surface area (Å²) < 4.78 is 23.4. The molecule has 1 saturated carbocycles. The Labute approximate surface area is 101 Å². The van der Waals surface area contributed by atoms with E-state index < -0.39 is 15.2 Å². The van der Waals surface area contributed by atoms with Gasteiger partial charge < -0.3 is 5.11 Å². The van der Waals surface area contributed by atoms with Crippen molar-refractivity contribution in [2.45, 2.75) is 36.8 Å². The van der Waals surface area contributed by atoms with Crippen LogP contribution in [0, 0.1) is 0 Å². The van der Waals surface area contributed by atoms with Gasteiger partial charge in [-0.2, -0.15) is 11.8 Å². The van der Waals surface area contributed by atoms with Gasteiger partial charge in [-0.25, -0.2) is 8.42 Å². The molecule has 94 valence electrons. The Hall–Kier alpha value is 0.220. The molecule has 0 aromatic rings. The van der Waals surface area contributed by atoms with Crippen LogP contribution in [0.4, 0.5) is 0 Å². The molecule has 1 saturated heterocycles. The Balaban J connectivity index is 2.16. The SMILES string of the molecule is CS(=O)(=O)C1CSCCN1C1CCCC1O. The lowest BCUT2D eigenvalue weighted by Crippen LogP contribution is -2.54. The van der Waals surface area contributed by atoms with Crippen LogP contribution in [-0.2, 0) is 9.84 Å². The van der Waals surface area contributed by atoms with Crippen molar-refractivity contribution in [3.05, 3.63) is 0 Å². The maximum absolute atomic E-state index is 11.7. The van der Waals surface area contributed by atoms with Crippen molar-refractivity contribution in [2.75, 3.05) is 24.3 Å². The van der Waals surface area contributed by atoms with Crippen LogP contribution in [-0.4, -0.2) is 60.3 Å². The number of sulfone groups is 1. The summed E-state index contributed by atoms with van der Waals surface area (Å²) in [6, 6.07) is 0.0561. The van der Waals surface area contributed by atoms with E-state index in [9.17, 15) is 13.5 Å². The Morgan fingerprint density at radius 3 is 2.69 bits per heavy atom. The Morgan fingerprint density at radius 1 is 1.38 bits per heavy atom. The molecule has 1 heterocycles. The normalized spacial score (nSPS) is 37.8. The molecule has 0 bridgehead atoms. The lowest BCUT2D eigenvalue weighted by atomic mass is 10.2. The third-order valence-electron chi connectivity index (χ3n) is 3.49. The van der Waals surface area contributed by atoms with Gasteiger partial charge in [-0.05, 0) is 19.3 Å². The highest BCUT2D eigenvalue weighted by Crippen LogP contribution is 2.30. The Kier molecular flexibility index (Phi) is 3.83. The van der Waals surface area contributed by atoms with E-state index in [0.29, 0.717) is 5.75 Å². The Morgan fingerprint density at radius 2 is 2.12 bits per heavy atom. The third-order valence-corrected chi connectivity index (χ3v) is 6.15. The highest BCUT2D eigenvalue weighted by Gasteiger charge is 2.39. The summed E-state index contributed by atoms with van der Waals surface area (Å²) >= 11 is 1.69. The molecule has 4 nitrogen and oxygen atoms in total. The number of aliphatic hydroxyl groups is 1. The highest BCUT2D eigenvalue weighted by atomic mass is 32.2. The van der Waals surface area contributed by atoms with Crippen molar-refractivity contribution in [2.24, 2.45) is 0 Å². The van der Waals surface area contributed by atoms with Gasteiger partial charge in [0.15, 0.2) is 9.84 Å². The lowest BCUT2D eigenvalue weighted by molar-refractivity contribution is 0.0684. The molecule has 0 spiro atoms. The molecular formula is C10H19NO3S2. The standard InChI is InChI=1S/C10H19NO3S2/c1-16(13,14)10-7-15-6-5-11(10)8-3-2-4-9(8)12/h8-10,12H,2-7H2,1H3. The zero-order valence-electron chi connectivity index (χ0n) is 9.50. The molecule has 1 N–H and O–H groups in total. The number of nitrogens with zero attached hydrogens (tertiary/aromatic N) is 1. The molecular weight excluding hydrogens is 246 g/mol. The summed E-state index contributed by atoms with van der Waals surface area (Å²) in [7, 11) is -3.04. The number of hydrogen-bond donors (Lipinski definition) is 1. The van der Waals surface area contributed by atoms with Crippen LogP contribution in [0.25, 0.3) is 0 Å². The van der Waals surface area contributed by atoms with Crippen LogP contribution >= 0.6 is 11.8 Å². The van der Waals surface area contributed by atoms with Crippen LogP contribution < -0.4 is 0 Å². The van der Waals surface area contributed by atoms with E-state index >= 15 is 0 Å². The quantitative estimate of drug-likeness (QED) is 0.779. The number of aliphatic hydroxyl groups excluding tert-OH is 1. The van der Waals surface area contributed by atoms with Crippen molar-refractivity contribution in [1.82, 2.24) is 4.90 Å². The molecule has 0 radical (unpaired) electrons. The van der Waals surface area contributed by atoms with Gasteiger partial charge in [0, 0.05) is 30.3 Å². The first kappa shape index (κ1) is 12.7. The summed E-state index contributed by atoms with van der Waals surface area (Å²) in [6.07, 6.45) is 3.71. The maximum Gasteiger partial charge on any atom is 0.164 e. The lowest BCUT2D eigenvalue weighted by Gasteiger charge is -2.39. The zero-order chi connectivity index (χ0) is 11.8. The van der Waals surface area contributed by atoms with Crippen molar-refractivity contribution < 1.29 is 13.5 Å². The number of thioether (sulfide) groups is 1. The monoisotopic (exact) mass is 265 g/mol. The first-order valence-corrected chi connectivity index (χ1v) is 8.81. The fraction of sp³-hybridized carbons (Fsp3) is 1.00. The van der Waals surface area contributed by atoms with Gasteiger partial charge in [0.2, 0.25) is 0 Å². The van der Waals surface area contributed by atoms with Gasteiger partial charge in [0.1, 0.15) is 5.37 Å². The highest BCUT2D eigenvalue weighted by molar-refractivity contribution is 8.00. The summed E-state index contributed by atoms with van der Waals surface area (Å²) in [5.41, 5.74) is 0. The van der Waals surface area contributed by atoms with Gasteiger partial charge in [-0.1, -0.05) is 0 Å². The average molecular weight is 265 g/mol. The summed E-state index contributed by atoms with van der Waals surface area (Å²) in [5.74, 6) is 1.61. The van der Waals surface area contributed by atoms with Crippen LogP contribution in [0.3, 0.4) is 0 Å². The molecule has 1 aliphatic carbocycles. The van der Waals surface area contributed by atoms with Crippen LogP contribution in [0.15, 0.2) is 0 Å². The molecule has 0 amide bonds. The molecule has 1 aliphatic heterocycles. The average Bonchev–Trinajstić information content (AvgIpc) is 2.63. The fourth-order valence-corrected chi connectivity index (χ4v) is 5.58. The minimum Gasteiger partial charge on any atom is -0.391 e. The summed E-state index contributed by atoms with van der Waals surface area (Å²) in [6.45, 7) is 0.782. The molecule has 3 atom stereocenters. The number of hydrogen-bond acceptors (Lipinski definition) is 5. The van der Waals surface area contributed by atoms with E-state index in [1.54, 1.807) is 11.8 Å². The van der Waals surface area contributed by atoms with Gasteiger partial charge in [0.25, 0.3) is 0 Å². The molecule has 0 aromatic heterocycles. The van der Waals surface area contributed by atoms with E-state index in [1.165, 1.54) is 6.26 Å². The van der Waals surface area contributed by atoms with Crippen LogP contribution in [0.2, 0.25) is 0 Å². The number of rotatable bonds is 2. The van der Waals surface area contributed by atoms with Gasteiger partial charge in [-0.3, -0.25) is 4.90 Å². The van der Waals surface area contributed by atoms with Gasteiger partial charge in [-0.15, -0.1) is 0 Å². The molecule has 2 aliphatic rings. The smallest absolute Gasteiger partial charge is 0.164 e. The summed E-state index contributed by atoms with van der Waals surface area (Å²) in [5, 5.41) is 9.48. The molecule has 6 heteroatoms. The van der Waals surface area contributed by atoms with E-state index in [-0.39, 0.29) is 12.1 Å². The van der Waals surface area contributed by atoms with Crippen LogP contribution in [0.5, 0.6) is 0 Å². The second kappa shape index (κ2) is 4.84. The summed E-state index contributed by atoms with van der Waals surface area (Å²) in [4.78, 5) is 2.02. The van der Waals surface area contributed by atoms with E-state index in [0.717, 1.165) is 31.6 Å². The molecule has 2 rings (SSSR count). The molecule has 2 fully saturated rings. The van der Waals surface area contributed by atoms with Crippen molar-refractivity contribution >= 4 is 21.6 Å². The minimum atomic E-state index is -3.04. The maximum atomic E-state index is 11.7. The van der Waals surface area contributed by atoms with Crippen molar-refractivity contribution in [1.29, 1.82) is 0 Å². The van der Waals surface area contributed by atoms with Crippen molar-refractivity contribution in [3.8, 4) is 0 Å². The Bertz CT molecular complexity index is 344. The van der Waals surface area contributed by atoms with E-state index in [2.05, 4.69) is 0 Å². The van der Waals surface area contributed by atoms with E-state index in [4.69, 9.17) is 0 Å². The van der Waals surface area contributed by atoms with Crippen LogP contribution in [0.1, 0.15) is 19.3 Å². The van der Waals surface area contributed by atoms with Crippen molar-refractivity contribution in [3.63, 3.8) is 0 Å². The van der Waals surface area contributed by atoms with Gasteiger partial charge in [0.05, 0.1) is 6.10 Å². The first-order chi connectivity index (χ1) is 7.50. The minimum absolute atomic E-state index is 0.0561. The largest absolute Gasteiger partial charge is 0.391 e. The predicted molar refractivity (Wildman–Crippen MR) is 66.3 cm³/mol. The molecule has 0 aromatic carbocycles. The second-order valence-corrected chi connectivity index (χ2v) is 8.02. The molecule has 3 unspecified atom stereocenters. The first-order valence-electron chi connectivity index (χ1n) is 5.70. The zero-order valence-corrected chi connectivity index (χ0v) is 11.1. The third kappa shape index (κ3) is 2.55. The van der Waals surface area contributed by atoms with E-state index in [1.807, 2.05) is 4.90 Å². The molecule has 16 heavy (non-hydrogen) atoms. The second-order valence-electron chi connectivity index (χ2n) is 4.66. The topological polar surface area (TPSA) is 57.6 Å². The van der Waals surface area contributed by atoms with Gasteiger partial charge >= 0.3 is 0 Å². The fourth-order valence-electron chi connectivity index (χ4n) is 2.65.